The van der Waals surface area contributed by atoms with Gasteiger partial charge in [-0.15, -0.1) is 0 Å². The molecular formula is C21H21N5O3. The van der Waals surface area contributed by atoms with E-state index in [-0.39, 0.29) is 30.9 Å². The Hall–Kier alpha value is -3.68. The molecule has 4 rings (SSSR count). The van der Waals surface area contributed by atoms with Gasteiger partial charge in [0.05, 0.1) is 12.5 Å². The number of hydrogen-bond acceptors (Lipinski definition) is 5. The number of anilines is 2. The van der Waals surface area contributed by atoms with Crippen molar-refractivity contribution in [3.05, 3.63) is 66.0 Å². The van der Waals surface area contributed by atoms with Crippen molar-refractivity contribution >= 4 is 23.5 Å². The van der Waals surface area contributed by atoms with Crippen molar-refractivity contribution < 1.29 is 14.3 Å². The lowest BCUT2D eigenvalue weighted by Gasteiger charge is -2.25. The lowest BCUT2D eigenvalue weighted by atomic mass is 10.0. The molecule has 0 unspecified atom stereocenters. The fourth-order valence-corrected chi connectivity index (χ4v) is 3.30. The van der Waals surface area contributed by atoms with E-state index < -0.39 is 0 Å². The zero-order valence-electron chi connectivity index (χ0n) is 16.0. The largest absolute Gasteiger partial charge is 0.483 e. The number of ether oxygens (including phenoxy) is 1. The molecule has 0 saturated carbocycles. The topological polar surface area (TPSA) is 98.1 Å². The van der Waals surface area contributed by atoms with E-state index in [0.29, 0.717) is 11.7 Å². The van der Waals surface area contributed by atoms with Gasteiger partial charge in [0.1, 0.15) is 12.1 Å². The van der Waals surface area contributed by atoms with Gasteiger partial charge < -0.3 is 10.1 Å². The van der Waals surface area contributed by atoms with Crippen LogP contribution in [-0.4, -0.2) is 33.2 Å². The Morgan fingerprint density at radius 2 is 2.03 bits per heavy atom. The molecule has 3 aromatic rings. The van der Waals surface area contributed by atoms with Crippen LogP contribution in [0.3, 0.4) is 0 Å². The number of fused-ring (bicyclic) bond motifs is 1. The predicted molar refractivity (Wildman–Crippen MR) is 108 cm³/mol. The molecule has 1 aromatic heterocycles. The Bertz CT molecular complexity index is 1030. The molecule has 0 radical (unpaired) electrons. The quantitative estimate of drug-likeness (QED) is 0.673. The second-order valence-corrected chi connectivity index (χ2v) is 6.72. The Labute approximate surface area is 167 Å². The standard InChI is InChI=1S/C21H21N5O3/c1-2-14-7-9-15(10-8-14)24-20(28)12-29-18-6-4-3-5-16(18)17-11-19(27)25-21-22-13-23-26(17)21/h3-10,13,17H,2,11-12H2,1H3,(H,24,28)(H,22,23,25,27)/t17-/m1/s1. The normalized spacial score (nSPS) is 15.3. The number of aromatic nitrogens is 3. The summed E-state index contributed by atoms with van der Waals surface area (Å²) < 4.78 is 7.44. The number of carbonyl (C=O) groups excluding carboxylic acids is 2. The highest BCUT2D eigenvalue weighted by Crippen LogP contribution is 2.34. The molecular weight excluding hydrogens is 370 g/mol. The third kappa shape index (κ3) is 4.11. The van der Waals surface area contributed by atoms with Crippen LogP contribution in [0.1, 0.15) is 30.5 Å². The molecule has 2 N–H and O–H groups in total. The number of amides is 2. The minimum absolute atomic E-state index is 0.140. The van der Waals surface area contributed by atoms with Gasteiger partial charge in [0, 0.05) is 11.3 Å². The predicted octanol–water partition coefficient (Wildman–Crippen LogP) is 2.79. The van der Waals surface area contributed by atoms with Gasteiger partial charge in [0.2, 0.25) is 11.9 Å². The van der Waals surface area contributed by atoms with Gasteiger partial charge in [-0.1, -0.05) is 37.3 Å². The molecule has 2 heterocycles. The third-order valence-electron chi connectivity index (χ3n) is 4.78. The van der Waals surface area contributed by atoms with E-state index in [1.54, 1.807) is 10.7 Å². The molecule has 0 aliphatic carbocycles. The Balaban J connectivity index is 1.46. The summed E-state index contributed by atoms with van der Waals surface area (Å²) in [6.45, 7) is 1.94. The van der Waals surface area contributed by atoms with Gasteiger partial charge in [-0.3, -0.25) is 14.9 Å². The van der Waals surface area contributed by atoms with E-state index in [2.05, 4.69) is 27.6 Å². The second kappa shape index (κ2) is 8.14. The van der Waals surface area contributed by atoms with Crippen LogP contribution in [0.25, 0.3) is 0 Å². The van der Waals surface area contributed by atoms with E-state index in [1.807, 2.05) is 42.5 Å². The van der Waals surface area contributed by atoms with Gasteiger partial charge in [0.15, 0.2) is 6.61 Å². The molecule has 148 valence electrons. The van der Waals surface area contributed by atoms with Crippen LogP contribution in [0.2, 0.25) is 0 Å². The van der Waals surface area contributed by atoms with E-state index in [1.165, 1.54) is 11.9 Å². The van der Waals surface area contributed by atoms with Crippen molar-refractivity contribution in [3.63, 3.8) is 0 Å². The lowest BCUT2D eigenvalue weighted by Crippen LogP contribution is -2.29. The van der Waals surface area contributed by atoms with E-state index in [0.717, 1.165) is 17.7 Å². The zero-order valence-corrected chi connectivity index (χ0v) is 16.0. The van der Waals surface area contributed by atoms with Crippen molar-refractivity contribution in [3.8, 4) is 5.75 Å². The minimum atomic E-state index is -0.345. The highest BCUT2D eigenvalue weighted by Gasteiger charge is 2.29. The summed E-state index contributed by atoms with van der Waals surface area (Å²) in [5, 5.41) is 9.73. The number of nitrogens with zero attached hydrogens (tertiary/aromatic N) is 3. The minimum Gasteiger partial charge on any atom is -0.483 e. The van der Waals surface area contributed by atoms with Crippen LogP contribution in [0, 0.1) is 0 Å². The van der Waals surface area contributed by atoms with Gasteiger partial charge >= 0.3 is 0 Å². The summed E-state index contributed by atoms with van der Waals surface area (Å²) in [7, 11) is 0. The highest BCUT2D eigenvalue weighted by atomic mass is 16.5. The van der Waals surface area contributed by atoms with Crippen molar-refractivity contribution in [2.45, 2.75) is 25.8 Å². The maximum Gasteiger partial charge on any atom is 0.262 e. The fourth-order valence-electron chi connectivity index (χ4n) is 3.30. The molecule has 8 heteroatoms. The first-order valence-corrected chi connectivity index (χ1v) is 9.44. The van der Waals surface area contributed by atoms with Crippen LogP contribution in [0.4, 0.5) is 11.6 Å². The third-order valence-corrected chi connectivity index (χ3v) is 4.78. The summed E-state index contributed by atoms with van der Waals surface area (Å²) in [5.74, 6) is 0.532. The maximum absolute atomic E-state index is 12.3. The first kappa shape index (κ1) is 18.7. The van der Waals surface area contributed by atoms with Crippen LogP contribution in [0.15, 0.2) is 54.9 Å². The summed E-state index contributed by atoms with van der Waals surface area (Å²) in [6, 6.07) is 14.7. The number of aryl methyl sites for hydroxylation is 1. The summed E-state index contributed by atoms with van der Waals surface area (Å²) in [6.07, 6.45) is 2.56. The second-order valence-electron chi connectivity index (χ2n) is 6.72. The molecule has 0 spiro atoms. The molecule has 29 heavy (non-hydrogen) atoms. The lowest BCUT2D eigenvalue weighted by molar-refractivity contribution is -0.118. The Kier molecular flexibility index (Phi) is 5.24. The van der Waals surface area contributed by atoms with Gasteiger partial charge in [0.25, 0.3) is 5.91 Å². The van der Waals surface area contributed by atoms with E-state index in [4.69, 9.17) is 4.74 Å². The molecule has 8 nitrogen and oxygen atoms in total. The number of benzene rings is 2. The number of nitrogens with one attached hydrogen (secondary N) is 2. The first-order chi connectivity index (χ1) is 14.1. The summed E-state index contributed by atoms with van der Waals surface area (Å²) >= 11 is 0. The van der Waals surface area contributed by atoms with E-state index >= 15 is 0 Å². The molecule has 1 atom stereocenters. The van der Waals surface area contributed by atoms with Crippen molar-refractivity contribution in [1.29, 1.82) is 0 Å². The number of carbonyl (C=O) groups is 2. The van der Waals surface area contributed by atoms with Gasteiger partial charge in [-0.05, 0) is 30.2 Å². The molecule has 2 aromatic carbocycles. The zero-order chi connectivity index (χ0) is 20.2. The van der Waals surface area contributed by atoms with Gasteiger partial charge in [-0.25, -0.2) is 4.68 Å². The summed E-state index contributed by atoms with van der Waals surface area (Å²) in [5.41, 5.74) is 2.70. The van der Waals surface area contributed by atoms with Crippen molar-refractivity contribution in [1.82, 2.24) is 14.8 Å². The van der Waals surface area contributed by atoms with Crippen molar-refractivity contribution in [2.75, 3.05) is 17.2 Å². The number of para-hydroxylation sites is 1. The van der Waals surface area contributed by atoms with Crippen molar-refractivity contribution in [2.24, 2.45) is 0 Å². The van der Waals surface area contributed by atoms with Crippen LogP contribution in [0.5, 0.6) is 5.75 Å². The van der Waals surface area contributed by atoms with Gasteiger partial charge in [-0.2, -0.15) is 10.1 Å². The molecule has 1 aliphatic rings. The fraction of sp³-hybridized carbons (Fsp3) is 0.238. The Morgan fingerprint density at radius 1 is 1.24 bits per heavy atom. The maximum atomic E-state index is 12.3. The van der Waals surface area contributed by atoms with E-state index in [9.17, 15) is 9.59 Å². The van der Waals surface area contributed by atoms with Crippen LogP contribution < -0.4 is 15.4 Å². The smallest absolute Gasteiger partial charge is 0.262 e. The Morgan fingerprint density at radius 3 is 2.83 bits per heavy atom. The molecule has 0 saturated heterocycles. The first-order valence-electron chi connectivity index (χ1n) is 9.44. The average Bonchev–Trinajstić information content (AvgIpc) is 3.21. The molecule has 1 aliphatic heterocycles. The number of hydrogen-bond donors (Lipinski definition) is 2. The molecule has 0 bridgehead atoms. The van der Waals surface area contributed by atoms with Crippen LogP contribution >= 0.6 is 0 Å². The highest BCUT2D eigenvalue weighted by molar-refractivity contribution is 5.92. The van der Waals surface area contributed by atoms with Crippen LogP contribution in [-0.2, 0) is 16.0 Å². The average molecular weight is 391 g/mol. The monoisotopic (exact) mass is 391 g/mol. The molecule has 2 amide bonds. The SMILES string of the molecule is CCc1ccc(NC(=O)COc2ccccc2[C@H]2CC(=O)Nc3ncnn32)cc1. The summed E-state index contributed by atoms with van der Waals surface area (Å²) in [4.78, 5) is 28.4. The number of rotatable bonds is 6. The molecule has 0 fully saturated rings.